The van der Waals surface area contributed by atoms with E-state index in [0.717, 1.165) is 24.7 Å². The van der Waals surface area contributed by atoms with Gasteiger partial charge in [0.25, 0.3) is 0 Å². The van der Waals surface area contributed by atoms with Crippen molar-refractivity contribution in [3.8, 4) is 0 Å². The summed E-state index contributed by atoms with van der Waals surface area (Å²) in [4.78, 5) is 11.2. The van der Waals surface area contributed by atoms with Crippen LogP contribution in [0.3, 0.4) is 0 Å². The highest BCUT2D eigenvalue weighted by Crippen LogP contribution is 2.45. The summed E-state index contributed by atoms with van der Waals surface area (Å²) < 4.78 is 0. The SMILES string of the molecule is CC(C)=CCC1CCC(C)=C(C=O)C1(C)C. The van der Waals surface area contributed by atoms with Crippen molar-refractivity contribution in [1.82, 2.24) is 0 Å². The van der Waals surface area contributed by atoms with Crippen LogP contribution in [0.1, 0.15) is 53.9 Å². The minimum absolute atomic E-state index is 0.0377. The van der Waals surface area contributed by atoms with Gasteiger partial charge in [0.2, 0.25) is 0 Å². The molecule has 0 aromatic carbocycles. The number of carbonyl (C=O) groups excluding carboxylic acids is 1. The van der Waals surface area contributed by atoms with Crippen LogP contribution in [0.25, 0.3) is 0 Å². The summed E-state index contributed by atoms with van der Waals surface area (Å²) in [7, 11) is 0. The van der Waals surface area contributed by atoms with Gasteiger partial charge in [-0.1, -0.05) is 31.1 Å². The monoisotopic (exact) mass is 220 g/mol. The molecule has 0 radical (unpaired) electrons. The molecule has 0 aromatic heterocycles. The first-order chi connectivity index (χ1) is 7.39. The molecule has 1 aliphatic rings. The van der Waals surface area contributed by atoms with E-state index in [1.165, 1.54) is 17.6 Å². The van der Waals surface area contributed by atoms with Gasteiger partial charge in [-0.25, -0.2) is 0 Å². The molecule has 1 nitrogen and oxygen atoms in total. The van der Waals surface area contributed by atoms with Crippen LogP contribution in [0, 0.1) is 11.3 Å². The van der Waals surface area contributed by atoms with E-state index in [4.69, 9.17) is 0 Å². The zero-order valence-corrected chi connectivity index (χ0v) is 11.3. The summed E-state index contributed by atoms with van der Waals surface area (Å²) in [6, 6.07) is 0. The maximum atomic E-state index is 11.2. The molecule has 1 unspecified atom stereocenters. The Kier molecular flexibility index (Phi) is 4.12. The van der Waals surface area contributed by atoms with E-state index in [-0.39, 0.29) is 5.41 Å². The predicted octanol–water partition coefficient (Wildman–Crippen LogP) is 4.29. The highest BCUT2D eigenvalue weighted by Gasteiger charge is 2.36. The largest absolute Gasteiger partial charge is 0.298 e. The predicted molar refractivity (Wildman–Crippen MR) is 69.3 cm³/mol. The Bertz CT molecular complexity index is 327. The van der Waals surface area contributed by atoms with Gasteiger partial charge in [0.15, 0.2) is 0 Å². The van der Waals surface area contributed by atoms with Gasteiger partial charge in [-0.2, -0.15) is 0 Å². The van der Waals surface area contributed by atoms with E-state index in [1.807, 2.05) is 0 Å². The van der Waals surface area contributed by atoms with E-state index in [0.29, 0.717) is 5.92 Å². The van der Waals surface area contributed by atoms with Crippen LogP contribution in [-0.4, -0.2) is 6.29 Å². The first-order valence-electron chi connectivity index (χ1n) is 6.18. The third-order valence-electron chi connectivity index (χ3n) is 3.97. The summed E-state index contributed by atoms with van der Waals surface area (Å²) in [5, 5.41) is 0. The molecular weight excluding hydrogens is 196 g/mol. The van der Waals surface area contributed by atoms with Crippen molar-refractivity contribution in [2.45, 2.75) is 53.9 Å². The van der Waals surface area contributed by atoms with Crippen molar-refractivity contribution in [1.29, 1.82) is 0 Å². The first-order valence-corrected chi connectivity index (χ1v) is 6.18. The lowest BCUT2D eigenvalue weighted by atomic mass is 9.64. The lowest BCUT2D eigenvalue weighted by Gasteiger charge is -2.39. The second kappa shape index (κ2) is 4.99. The topological polar surface area (TPSA) is 17.1 Å². The number of rotatable bonds is 3. The molecule has 0 saturated carbocycles. The fourth-order valence-electron chi connectivity index (χ4n) is 2.70. The van der Waals surface area contributed by atoms with Crippen molar-refractivity contribution in [2.75, 3.05) is 0 Å². The van der Waals surface area contributed by atoms with Crippen LogP contribution in [-0.2, 0) is 4.79 Å². The van der Waals surface area contributed by atoms with Gasteiger partial charge in [-0.05, 0) is 56.9 Å². The molecule has 1 heteroatoms. The van der Waals surface area contributed by atoms with Gasteiger partial charge in [-0.3, -0.25) is 4.79 Å². The average Bonchev–Trinajstić information content (AvgIpc) is 2.15. The Labute approximate surface area is 99.6 Å². The van der Waals surface area contributed by atoms with Crippen LogP contribution >= 0.6 is 0 Å². The molecule has 0 saturated heterocycles. The quantitative estimate of drug-likeness (QED) is 0.512. The number of hydrogen-bond donors (Lipinski definition) is 0. The van der Waals surface area contributed by atoms with Gasteiger partial charge < -0.3 is 0 Å². The summed E-state index contributed by atoms with van der Waals surface area (Å²) in [6.07, 6.45) is 6.76. The number of allylic oxidation sites excluding steroid dienone is 4. The number of aldehydes is 1. The Hall–Kier alpha value is -0.850. The summed E-state index contributed by atoms with van der Waals surface area (Å²) in [5.41, 5.74) is 3.73. The van der Waals surface area contributed by atoms with E-state index in [2.05, 4.69) is 40.7 Å². The van der Waals surface area contributed by atoms with E-state index in [9.17, 15) is 4.79 Å². The second-order valence-electron chi connectivity index (χ2n) is 5.79. The van der Waals surface area contributed by atoms with Crippen molar-refractivity contribution in [3.05, 3.63) is 22.8 Å². The van der Waals surface area contributed by atoms with Crippen molar-refractivity contribution in [3.63, 3.8) is 0 Å². The summed E-state index contributed by atoms with van der Waals surface area (Å²) in [6.45, 7) is 10.8. The van der Waals surface area contributed by atoms with Crippen LogP contribution in [0.5, 0.6) is 0 Å². The van der Waals surface area contributed by atoms with Crippen molar-refractivity contribution >= 4 is 6.29 Å². The average molecular weight is 220 g/mol. The molecule has 1 aliphatic carbocycles. The Morgan fingerprint density at radius 1 is 1.44 bits per heavy atom. The fourth-order valence-corrected chi connectivity index (χ4v) is 2.70. The standard InChI is InChI=1S/C15H24O/c1-11(2)6-8-13-9-7-12(3)14(10-16)15(13,4)5/h6,10,13H,7-9H2,1-5H3. The van der Waals surface area contributed by atoms with E-state index >= 15 is 0 Å². The number of hydrogen-bond acceptors (Lipinski definition) is 1. The van der Waals surface area contributed by atoms with Crippen molar-refractivity contribution < 1.29 is 4.79 Å². The molecular formula is C15H24O. The maximum Gasteiger partial charge on any atom is 0.146 e. The molecule has 0 aliphatic heterocycles. The fraction of sp³-hybridized carbons (Fsp3) is 0.667. The molecule has 0 heterocycles. The molecule has 0 amide bonds. The molecule has 16 heavy (non-hydrogen) atoms. The third kappa shape index (κ3) is 2.63. The Balaban J connectivity index is 2.92. The lowest BCUT2D eigenvalue weighted by Crippen LogP contribution is -2.31. The molecule has 0 aromatic rings. The first kappa shape index (κ1) is 13.2. The molecule has 1 atom stereocenters. The van der Waals surface area contributed by atoms with Crippen LogP contribution in [0.15, 0.2) is 22.8 Å². The number of carbonyl (C=O) groups is 1. The molecule has 0 spiro atoms. The Morgan fingerprint density at radius 2 is 2.06 bits per heavy atom. The third-order valence-corrected chi connectivity index (χ3v) is 3.97. The van der Waals surface area contributed by atoms with E-state index in [1.54, 1.807) is 0 Å². The second-order valence-corrected chi connectivity index (χ2v) is 5.79. The zero-order chi connectivity index (χ0) is 12.3. The molecule has 0 fully saturated rings. The highest BCUT2D eigenvalue weighted by molar-refractivity contribution is 5.77. The Morgan fingerprint density at radius 3 is 2.56 bits per heavy atom. The van der Waals surface area contributed by atoms with Crippen molar-refractivity contribution in [2.24, 2.45) is 11.3 Å². The minimum Gasteiger partial charge on any atom is -0.298 e. The summed E-state index contributed by atoms with van der Waals surface area (Å²) >= 11 is 0. The van der Waals surface area contributed by atoms with Gasteiger partial charge in [-0.15, -0.1) is 0 Å². The zero-order valence-electron chi connectivity index (χ0n) is 11.3. The molecule has 0 bridgehead atoms. The maximum absolute atomic E-state index is 11.2. The van der Waals surface area contributed by atoms with Gasteiger partial charge in [0.1, 0.15) is 6.29 Å². The smallest absolute Gasteiger partial charge is 0.146 e. The van der Waals surface area contributed by atoms with Gasteiger partial charge in [0.05, 0.1) is 0 Å². The van der Waals surface area contributed by atoms with Crippen LogP contribution < -0.4 is 0 Å². The molecule has 90 valence electrons. The minimum atomic E-state index is 0.0377. The van der Waals surface area contributed by atoms with E-state index < -0.39 is 0 Å². The van der Waals surface area contributed by atoms with Gasteiger partial charge in [0, 0.05) is 0 Å². The lowest BCUT2D eigenvalue weighted by molar-refractivity contribution is -0.106. The van der Waals surface area contributed by atoms with Crippen LogP contribution in [0.2, 0.25) is 0 Å². The van der Waals surface area contributed by atoms with Crippen LogP contribution in [0.4, 0.5) is 0 Å². The normalized spacial score (nSPS) is 24.2. The molecule has 1 rings (SSSR count). The highest BCUT2D eigenvalue weighted by atomic mass is 16.1. The molecule has 0 N–H and O–H groups in total. The van der Waals surface area contributed by atoms with Gasteiger partial charge >= 0.3 is 0 Å². The summed E-state index contributed by atoms with van der Waals surface area (Å²) in [5.74, 6) is 0.603.